The predicted molar refractivity (Wildman–Crippen MR) is 100 cm³/mol. The first-order valence-electron chi connectivity index (χ1n) is 8.68. The Hall–Kier alpha value is -2.34. The van der Waals surface area contributed by atoms with Crippen LogP contribution in [0.25, 0.3) is 0 Å². The second kappa shape index (κ2) is 6.43. The molecule has 2 amide bonds. The first kappa shape index (κ1) is 17.1. The van der Waals surface area contributed by atoms with Crippen LogP contribution in [0.4, 0.5) is 10.1 Å². The second-order valence-corrected chi connectivity index (χ2v) is 7.71. The fourth-order valence-electron chi connectivity index (χ4n) is 3.74. The van der Waals surface area contributed by atoms with Gasteiger partial charge in [0.1, 0.15) is 5.82 Å². The number of carbonyl (C=O) groups excluding carboxylic acids is 2. The molecule has 0 aliphatic carbocycles. The maximum Gasteiger partial charge on any atom is 0.268 e. The van der Waals surface area contributed by atoms with Gasteiger partial charge in [0.25, 0.3) is 5.91 Å². The van der Waals surface area contributed by atoms with E-state index in [9.17, 15) is 14.0 Å². The third-order valence-electron chi connectivity index (χ3n) is 4.96. The van der Waals surface area contributed by atoms with E-state index in [0.29, 0.717) is 19.5 Å². The highest BCUT2D eigenvalue weighted by molar-refractivity contribution is 8.01. The lowest BCUT2D eigenvalue weighted by atomic mass is 10.1. The third-order valence-corrected chi connectivity index (χ3v) is 6.38. The lowest BCUT2D eigenvalue weighted by Crippen LogP contribution is -2.50. The van der Waals surface area contributed by atoms with Crippen LogP contribution in [0.5, 0.6) is 0 Å². The Bertz CT molecular complexity index is 870. The van der Waals surface area contributed by atoms with Crippen molar-refractivity contribution in [2.45, 2.75) is 24.8 Å². The zero-order valence-corrected chi connectivity index (χ0v) is 15.3. The Morgan fingerprint density at radius 1 is 1.19 bits per heavy atom. The molecule has 0 radical (unpaired) electrons. The fraction of sp³-hybridized carbons (Fsp3) is 0.300. The zero-order valence-electron chi connectivity index (χ0n) is 14.4. The molecule has 1 atom stereocenters. The van der Waals surface area contributed by atoms with Gasteiger partial charge >= 0.3 is 0 Å². The molecular formula is C20H19FN2O2S. The molecule has 1 spiro atoms. The minimum absolute atomic E-state index is 0.0122. The smallest absolute Gasteiger partial charge is 0.268 e. The summed E-state index contributed by atoms with van der Waals surface area (Å²) < 4.78 is 13.2. The molecule has 0 saturated carbocycles. The van der Waals surface area contributed by atoms with Gasteiger partial charge in [-0.1, -0.05) is 37.3 Å². The number of nitrogens with zero attached hydrogens (tertiary/aromatic N) is 2. The summed E-state index contributed by atoms with van der Waals surface area (Å²) in [6.45, 7) is 2.75. The fourth-order valence-corrected chi connectivity index (χ4v) is 5.22. The maximum absolute atomic E-state index is 13.5. The molecule has 2 aliphatic rings. The van der Waals surface area contributed by atoms with E-state index >= 15 is 0 Å². The number of hydrogen-bond acceptors (Lipinski definition) is 3. The van der Waals surface area contributed by atoms with Crippen LogP contribution in [0.3, 0.4) is 0 Å². The van der Waals surface area contributed by atoms with Gasteiger partial charge in [-0.15, -0.1) is 11.8 Å². The minimum Gasteiger partial charge on any atom is -0.315 e. The minimum atomic E-state index is -0.969. The SMILES string of the molecule is CCC(=O)N1CCSC12C(=O)N(Cc1ccc(F)cc1)c1ccccc12. The van der Waals surface area contributed by atoms with Crippen molar-refractivity contribution < 1.29 is 14.0 Å². The monoisotopic (exact) mass is 370 g/mol. The number of thioether (sulfide) groups is 1. The van der Waals surface area contributed by atoms with Crippen molar-refractivity contribution in [1.82, 2.24) is 4.90 Å². The lowest BCUT2D eigenvalue weighted by molar-refractivity contribution is -0.139. The number of rotatable bonds is 3. The van der Waals surface area contributed by atoms with E-state index < -0.39 is 4.87 Å². The van der Waals surface area contributed by atoms with Gasteiger partial charge in [0.05, 0.1) is 12.2 Å². The number of para-hydroxylation sites is 1. The summed E-state index contributed by atoms with van der Waals surface area (Å²) in [5.41, 5.74) is 2.55. The summed E-state index contributed by atoms with van der Waals surface area (Å²) in [6, 6.07) is 13.8. The number of amides is 2. The van der Waals surface area contributed by atoms with Gasteiger partial charge in [-0.25, -0.2) is 4.39 Å². The Morgan fingerprint density at radius 3 is 2.65 bits per heavy atom. The van der Waals surface area contributed by atoms with Gasteiger partial charge in [-0.05, 0) is 23.8 Å². The molecule has 4 rings (SSSR count). The van der Waals surface area contributed by atoms with Gasteiger partial charge in [-0.3, -0.25) is 9.59 Å². The van der Waals surface area contributed by atoms with Crippen molar-refractivity contribution in [2.24, 2.45) is 0 Å². The Labute approximate surface area is 156 Å². The highest BCUT2D eigenvalue weighted by Crippen LogP contribution is 2.54. The average Bonchev–Trinajstić information content (AvgIpc) is 3.20. The average molecular weight is 370 g/mol. The van der Waals surface area contributed by atoms with Crippen molar-refractivity contribution in [3.63, 3.8) is 0 Å². The van der Waals surface area contributed by atoms with Crippen LogP contribution < -0.4 is 4.90 Å². The number of anilines is 1. The summed E-state index contributed by atoms with van der Waals surface area (Å²) in [4.78, 5) is 28.5. The Kier molecular flexibility index (Phi) is 4.23. The van der Waals surface area contributed by atoms with E-state index in [-0.39, 0.29) is 17.6 Å². The molecular weight excluding hydrogens is 351 g/mol. The van der Waals surface area contributed by atoms with E-state index in [2.05, 4.69) is 0 Å². The van der Waals surface area contributed by atoms with Crippen molar-refractivity contribution >= 4 is 29.3 Å². The molecule has 0 N–H and O–H groups in total. The van der Waals surface area contributed by atoms with Crippen LogP contribution in [-0.2, 0) is 21.0 Å². The maximum atomic E-state index is 13.5. The van der Waals surface area contributed by atoms with Gasteiger partial charge in [0.2, 0.25) is 5.91 Å². The van der Waals surface area contributed by atoms with E-state index in [1.54, 1.807) is 21.9 Å². The van der Waals surface area contributed by atoms with E-state index in [0.717, 1.165) is 22.6 Å². The number of benzene rings is 2. The number of halogens is 1. The summed E-state index contributed by atoms with van der Waals surface area (Å²) in [5.74, 6) is 0.328. The van der Waals surface area contributed by atoms with E-state index in [4.69, 9.17) is 0 Å². The standard InChI is InChI=1S/C20H19FN2O2S/c1-2-18(24)23-11-12-26-20(23)16-5-3-4-6-17(16)22(19(20)25)13-14-7-9-15(21)10-8-14/h3-10H,2,11-13H2,1H3. The van der Waals surface area contributed by atoms with E-state index in [1.807, 2.05) is 31.2 Å². The molecule has 1 fully saturated rings. The normalized spacial score (nSPS) is 21.5. The number of fused-ring (bicyclic) bond motifs is 2. The molecule has 2 aromatic carbocycles. The molecule has 2 aliphatic heterocycles. The molecule has 0 aromatic heterocycles. The predicted octanol–water partition coefficient (Wildman–Crippen LogP) is 3.51. The van der Waals surface area contributed by atoms with Crippen LogP contribution in [0, 0.1) is 5.82 Å². The Morgan fingerprint density at radius 2 is 1.92 bits per heavy atom. The largest absolute Gasteiger partial charge is 0.315 e. The second-order valence-electron chi connectivity index (χ2n) is 6.43. The number of carbonyl (C=O) groups is 2. The van der Waals surface area contributed by atoms with Crippen LogP contribution >= 0.6 is 11.8 Å². The quantitative estimate of drug-likeness (QED) is 0.830. The van der Waals surface area contributed by atoms with Gasteiger partial charge in [-0.2, -0.15) is 0 Å². The molecule has 2 heterocycles. The van der Waals surface area contributed by atoms with Crippen LogP contribution in [0.1, 0.15) is 24.5 Å². The van der Waals surface area contributed by atoms with Gasteiger partial charge < -0.3 is 9.80 Å². The summed E-state index contributed by atoms with van der Waals surface area (Å²) in [7, 11) is 0. The summed E-state index contributed by atoms with van der Waals surface area (Å²) in [6.07, 6.45) is 0.371. The van der Waals surface area contributed by atoms with E-state index in [1.165, 1.54) is 23.9 Å². The zero-order chi connectivity index (χ0) is 18.3. The third kappa shape index (κ3) is 2.43. The van der Waals surface area contributed by atoms with Crippen molar-refractivity contribution in [2.75, 3.05) is 17.2 Å². The Balaban J connectivity index is 1.78. The summed E-state index contributed by atoms with van der Waals surface area (Å²) in [5, 5.41) is 0. The first-order chi connectivity index (χ1) is 12.6. The van der Waals surface area contributed by atoms with Crippen molar-refractivity contribution in [3.8, 4) is 0 Å². The first-order valence-corrected chi connectivity index (χ1v) is 9.67. The highest BCUT2D eigenvalue weighted by atomic mass is 32.2. The molecule has 134 valence electrons. The molecule has 1 unspecified atom stereocenters. The van der Waals surface area contributed by atoms with Crippen molar-refractivity contribution in [3.05, 3.63) is 65.5 Å². The highest BCUT2D eigenvalue weighted by Gasteiger charge is 2.58. The molecule has 0 bridgehead atoms. The number of hydrogen-bond donors (Lipinski definition) is 0. The van der Waals surface area contributed by atoms with Gasteiger partial charge in [0, 0.05) is 24.3 Å². The molecule has 6 heteroatoms. The summed E-state index contributed by atoms with van der Waals surface area (Å²) >= 11 is 1.53. The topological polar surface area (TPSA) is 40.6 Å². The molecule has 1 saturated heterocycles. The van der Waals surface area contributed by atoms with Crippen LogP contribution in [-0.4, -0.2) is 29.0 Å². The van der Waals surface area contributed by atoms with Crippen LogP contribution in [0.15, 0.2) is 48.5 Å². The van der Waals surface area contributed by atoms with Gasteiger partial charge in [0.15, 0.2) is 4.87 Å². The molecule has 4 nitrogen and oxygen atoms in total. The lowest BCUT2D eigenvalue weighted by Gasteiger charge is -2.33. The molecule has 2 aromatic rings. The molecule has 26 heavy (non-hydrogen) atoms. The van der Waals surface area contributed by atoms with Crippen molar-refractivity contribution in [1.29, 1.82) is 0 Å². The van der Waals surface area contributed by atoms with Crippen LogP contribution in [0.2, 0.25) is 0 Å².